The predicted molar refractivity (Wildman–Crippen MR) is 73.1 cm³/mol. The summed E-state index contributed by atoms with van der Waals surface area (Å²) in [5.41, 5.74) is 0. The molecule has 1 fully saturated rings. The van der Waals surface area contributed by atoms with E-state index in [1.165, 1.54) is 0 Å². The Bertz CT molecular complexity index is 365. The summed E-state index contributed by atoms with van der Waals surface area (Å²) in [7, 11) is 0. The molecule has 0 saturated carbocycles. The maximum atomic E-state index is 11.7. The zero-order valence-electron chi connectivity index (χ0n) is 11.9. The zero-order chi connectivity index (χ0) is 15.1. The van der Waals surface area contributed by atoms with Crippen LogP contribution in [-0.4, -0.2) is 48.1 Å². The van der Waals surface area contributed by atoms with Gasteiger partial charge < -0.3 is 21.1 Å². The van der Waals surface area contributed by atoms with Crippen LogP contribution in [0.25, 0.3) is 0 Å². The van der Waals surface area contributed by atoms with E-state index in [1.807, 2.05) is 13.8 Å². The van der Waals surface area contributed by atoms with E-state index >= 15 is 0 Å². The van der Waals surface area contributed by atoms with Crippen LogP contribution in [0.3, 0.4) is 0 Å². The van der Waals surface area contributed by atoms with E-state index in [0.717, 1.165) is 19.4 Å². The third kappa shape index (κ3) is 5.56. The molecular weight excluding hydrogens is 262 g/mol. The number of carbonyl (C=O) groups is 3. The minimum absolute atomic E-state index is 0.161. The lowest BCUT2D eigenvalue weighted by molar-refractivity contribution is -0.142. The molecule has 1 aliphatic heterocycles. The molecule has 1 heterocycles. The molecule has 20 heavy (non-hydrogen) atoms. The van der Waals surface area contributed by atoms with E-state index in [9.17, 15) is 14.4 Å². The minimum atomic E-state index is -1.06. The topological polar surface area (TPSA) is 108 Å². The van der Waals surface area contributed by atoms with E-state index in [4.69, 9.17) is 5.11 Å². The van der Waals surface area contributed by atoms with Crippen LogP contribution in [0.1, 0.15) is 33.1 Å². The van der Waals surface area contributed by atoms with Crippen molar-refractivity contribution in [3.05, 3.63) is 0 Å². The SMILES string of the molecule is CC(C)C[C@H](NC(=O)CNC(=O)[C@@H]1CCCN1)C(=O)O. The van der Waals surface area contributed by atoms with Crippen LogP contribution in [-0.2, 0) is 14.4 Å². The number of nitrogens with one attached hydrogen (secondary N) is 3. The third-order valence-corrected chi connectivity index (χ3v) is 3.14. The Kier molecular flexibility index (Phi) is 6.44. The Labute approximate surface area is 118 Å². The van der Waals surface area contributed by atoms with Crippen LogP contribution in [0.5, 0.6) is 0 Å². The third-order valence-electron chi connectivity index (χ3n) is 3.14. The standard InChI is InChI=1S/C13H23N3O4/c1-8(2)6-10(13(19)20)16-11(17)7-15-12(18)9-4-3-5-14-9/h8-10,14H,3-7H2,1-2H3,(H,15,18)(H,16,17)(H,19,20)/t9-,10-/m0/s1. The first-order valence-electron chi connectivity index (χ1n) is 6.93. The number of carboxylic acid groups (broad SMARTS) is 1. The van der Waals surface area contributed by atoms with Gasteiger partial charge in [0.25, 0.3) is 0 Å². The Morgan fingerprint density at radius 3 is 2.55 bits per heavy atom. The molecule has 114 valence electrons. The first-order valence-corrected chi connectivity index (χ1v) is 6.93. The fourth-order valence-electron chi connectivity index (χ4n) is 2.14. The van der Waals surface area contributed by atoms with E-state index in [-0.39, 0.29) is 24.4 Å². The van der Waals surface area contributed by atoms with Gasteiger partial charge in [0, 0.05) is 0 Å². The van der Waals surface area contributed by atoms with Crippen LogP contribution < -0.4 is 16.0 Å². The number of aliphatic carboxylic acids is 1. The molecule has 0 aromatic carbocycles. The summed E-state index contributed by atoms with van der Waals surface area (Å²) in [5, 5.41) is 17.0. The normalized spacial score (nSPS) is 19.6. The van der Waals surface area contributed by atoms with Gasteiger partial charge in [-0.25, -0.2) is 4.79 Å². The number of hydrogen-bond donors (Lipinski definition) is 4. The van der Waals surface area contributed by atoms with Crippen molar-refractivity contribution in [1.29, 1.82) is 0 Å². The largest absolute Gasteiger partial charge is 0.480 e. The highest BCUT2D eigenvalue weighted by atomic mass is 16.4. The molecule has 1 saturated heterocycles. The summed E-state index contributed by atoms with van der Waals surface area (Å²) in [5.74, 6) is -1.60. The summed E-state index contributed by atoms with van der Waals surface area (Å²) in [6.45, 7) is 4.38. The molecule has 0 spiro atoms. The van der Waals surface area contributed by atoms with Crippen LogP contribution in [0, 0.1) is 5.92 Å². The van der Waals surface area contributed by atoms with Gasteiger partial charge in [0.2, 0.25) is 11.8 Å². The fourth-order valence-corrected chi connectivity index (χ4v) is 2.14. The molecule has 2 amide bonds. The molecule has 0 radical (unpaired) electrons. The molecule has 1 aliphatic rings. The van der Waals surface area contributed by atoms with Crippen molar-refractivity contribution in [1.82, 2.24) is 16.0 Å². The van der Waals surface area contributed by atoms with Gasteiger partial charge in [0.1, 0.15) is 6.04 Å². The lowest BCUT2D eigenvalue weighted by atomic mass is 10.0. The first kappa shape index (κ1) is 16.4. The van der Waals surface area contributed by atoms with Crippen molar-refractivity contribution in [2.75, 3.05) is 13.1 Å². The molecule has 0 unspecified atom stereocenters. The van der Waals surface area contributed by atoms with Crippen molar-refractivity contribution in [3.8, 4) is 0 Å². The van der Waals surface area contributed by atoms with Gasteiger partial charge in [-0.3, -0.25) is 9.59 Å². The predicted octanol–water partition coefficient (Wildman–Crippen LogP) is -0.530. The summed E-state index contributed by atoms with van der Waals surface area (Å²) in [6.07, 6.45) is 2.07. The van der Waals surface area contributed by atoms with Crippen LogP contribution in [0.2, 0.25) is 0 Å². The molecule has 0 aliphatic carbocycles. The van der Waals surface area contributed by atoms with Crippen molar-refractivity contribution < 1.29 is 19.5 Å². The lowest BCUT2D eigenvalue weighted by Gasteiger charge is -2.17. The average molecular weight is 285 g/mol. The number of hydrogen-bond acceptors (Lipinski definition) is 4. The number of amides is 2. The monoisotopic (exact) mass is 285 g/mol. The van der Waals surface area contributed by atoms with Crippen molar-refractivity contribution >= 4 is 17.8 Å². The minimum Gasteiger partial charge on any atom is -0.480 e. The van der Waals surface area contributed by atoms with Crippen molar-refractivity contribution in [3.63, 3.8) is 0 Å². The molecule has 0 aromatic heterocycles. The van der Waals surface area contributed by atoms with E-state index < -0.39 is 17.9 Å². The molecule has 0 aromatic rings. The van der Waals surface area contributed by atoms with Gasteiger partial charge in [-0.2, -0.15) is 0 Å². The average Bonchev–Trinajstić information content (AvgIpc) is 2.88. The number of rotatable bonds is 7. The van der Waals surface area contributed by atoms with Crippen molar-refractivity contribution in [2.24, 2.45) is 5.92 Å². The fraction of sp³-hybridized carbons (Fsp3) is 0.769. The van der Waals surface area contributed by atoms with Gasteiger partial charge in [-0.1, -0.05) is 13.8 Å². The molecule has 0 bridgehead atoms. The summed E-state index contributed by atoms with van der Waals surface area (Å²) in [6, 6.07) is -1.15. The smallest absolute Gasteiger partial charge is 0.326 e. The summed E-state index contributed by atoms with van der Waals surface area (Å²) >= 11 is 0. The van der Waals surface area contributed by atoms with E-state index in [1.54, 1.807) is 0 Å². The van der Waals surface area contributed by atoms with Crippen LogP contribution in [0.15, 0.2) is 0 Å². The maximum Gasteiger partial charge on any atom is 0.326 e. The Balaban J connectivity index is 2.33. The van der Waals surface area contributed by atoms with E-state index in [0.29, 0.717) is 6.42 Å². The van der Waals surface area contributed by atoms with Gasteiger partial charge in [0.05, 0.1) is 12.6 Å². The Hall–Kier alpha value is -1.63. The number of carboxylic acids is 1. The molecular formula is C13H23N3O4. The van der Waals surface area contributed by atoms with Gasteiger partial charge in [-0.05, 0) is 31.7 Å². The molecule has 7 nitrogen and oxygen atoms in total. The second-order valence-corrected chi connectivity index (χ2v) is 5.45. The first-order chi connectivity index (χ1) is 9.40. The van der Waals surface area contributed by atoms with Gasteiger partial charge in [0.15, 0.2) is 0 Å². The van der Waals surface area contributed by atoms with Crippen LogP contribution in [0.4, 0.5) is 0 Å². The quantitative estimate of drug-likeness (QED) is 0.503. The lowest BCUT2D eigenvalue weighted by Crippen LogP contribution is -2.48. The molecule has 2 atom stereocenters. The Morgan fingerprint density at radius 1 is 1.35 bits per heavy atom. The molecule has 4 N–H and O–H groups in total. The van der Waals surface area contributed by atoms with Crippen molar-refractivity contribution in [2.45, 2.75) is 45.2 Å². The zero-order valence-corrected chi connectivity index (χ0v) is 11.9. The van der Waals surface area contributed by atoms with Gasteiger partial charge >= 0.3 is 5.97 Å². The Morgan fingerprint density at radius 2 is 2.05 bits per heavy atom. The highest BCUT2D eigenvalue weighted by Gasteiger charge is 2.24. The highest BCUT2D eigenvalue weighted by Crippen LogP contribution is 2.05. The highest BCUT2D eigenvalue weighted by molar-refractivity contribution is 5.89. The molecule has 7 heteroatoms. The van der Waals surface area contributed by atoms with E-state index in [2.05, 4.69) is 16.0 Å². The van der Waals surface area contributed by atoms with Gasteiger partial charge in [-0.15, -0.1) is 0 Å². The second kappa shape index (κ2) is 7.84. The van der Waals surface area contributed by atoms with Crippen LogP contribution >= 0.6 is 0 Å². The maximum absolute atomic E-state index is 11.7. The number of carbonyl (C=O) groups excluding carboxylic acids is 2. The summed E-state index contributed by atoms with van der Waals surface area (Å²) in [4.78, 5) is 34.3. The second-order valence-electron chi connectivity index (χ2n) is 5.45. The molecule has 1 rings (SSSR count). The summed E-state index contributed by atoms with van der Waals surface area (Å²) < 4.78 is 0.